The van der Waals surface area contributed by atoms with Crippen LogP contribution in [0.4, 0.5) is 0 Å². The van der Waals surface area contributed by atoms with Gasteiger partial charge in [0.1, 0.15) is 13.2 Å². The summed E-state index contributed by atoms with van der Waals surface area (Å²) in [5, 5.41) is 9.77. The minimum Gasteiger partial charge on any atom is -0.477 e. The monoisotopic (exact) mass is 1290 g/mol. The van der Waals surface area contributed by atoms with Gasteiger partial charge in [-0.2, -0.15) is 0 Å². The molecule has 1 N–H and O–H groups in total. The Balaban J connectivity index is 4.13. The molecule has 0 radical (unpaired) electrons. The normalized spacial score (nSPS) is 13.5. The van der Waals surface area contributed by atoms with E-state index in [0.717, 1.165) is 116 Å². The van der Waals surface area contributed by atoms with Crippen molar-refractivity contribution < 1.29 is 42.9 Å². The molecule has 2 atom stereocenters. The van der Waals surface area contributed by atoms with Gasteiger partial charge in [0.2, 0.25) is 0 Å². The highest BCUT2D eigenvalue weighted by atomic mass is 16.7. The first-order valence-corrected chi connectivity index (χ1v) is 38.0. The highest BCUT2D eigenvalue weighted by Gasteiger charge is 2.25. The Labute approximate surface area is 572 Å². The van der Waals surface area contributed by atoms with Gasteiger partial charge in [-0.1, -0.05) is 320 Å². The van der Waals surface area contributed by atoms with Crippen molar-refractivity contribution in [3.63, 3.8) is 0 Å². The van der Waals surface area contributed by atoms with Crippen molar-refractivity contribution in [3.05, 3.63) is 146 Å². The third-order valence-electron chi connectivity index (χ3n) is 16.1. The summed E-state index contributed by atoms with van der Waals surface area (Å²) in [5.74, 6) is -2.01. The molecule has 0 spiro atoms. The number of carbonyl (C=O) groups is 3. The number of esters is 2. The summed E-state index contributed by atoms with van der Waals surface area (Å²) in [4.78, 5) is 37.7. The molecule has 0 aliphatic rings. The number of hydrogen-bond donors (Lipinski definition) is 1. The Kier molecular flexibility index (Phi) is 69.2. The summed E-state index contributed by atoms with van der Waals surface area (Å²) in [6, 6.07) is 0. The number of carbonyl (C=O) groups excluding carboxylic acids is 2. The standard InChI is InChI=1S/C84H141NO8/c1-6-8-10-12-14-16-18-20-22-24-26-28-30-32-34-36-38-39-40-41-42-43-45-47-49-51-53-55-57-59-61-63-65-67-69-71-73-75-82(87)93-80(79-92-84(83(88)89)90-77-76-85(3,4)5)78-91-81(86)74-72-70-68-66-64-62-60-58-56-54-52-50-48-46-44-37-35-33-31-29-27-25-23-21-19-17-15-13-11-9-7-2/h8,10,14,16,19-22,25-28,31-34,38-39,41-42,45,47,51,53,80,84H,6-7,9,11-13,15,17-18,23-24,29-30,35-37,40,43-44,46,48-50,52,54-79H2,1-5H3/p+1/b10-8-,16-14-,21-19-,22-20-,27-25-,28-26-,33-31-,34-32-,39-38-,42-41-,47-45-,53-51-. The summed E-state index contributed by atoms with van der Waals surface area (Å²) in [7, 11) is 5.97. The Morgan fingerprint density at radius 2 is 0.613 bits per heavy atom. The molecule has 0 rings (SSSR count). The quantitative estimate of drug-likeness (QED) is 0.0211. The van der Waals surface area contributed by atoms with Crippen LogP contribution in [0.5, 0.6) is 0 Å². The average molecular weight is 1290 g/mol. The number of carboxylic acid groups (broad SMARTS) is 1. The molecule has 0 aromatic carbocycles. The maximum Gasteiger partial charge on any atom is 0.361 e. The predicted molar refractivity (Wildman–Crippen MR) is 400 cm³/mol. The van der Waals surface area contributed by atoms with E-state index in [1.807, 2.05) is 21.1 Å². The second kappa shape index (κ2) is 73.0. The van der Waals surface area contributed by atoms with Crippen molar-refractivity contribution in [1.82, 2.24) is 0 Å². The zero-order chi connectivity index (χ0) is 67.5. The smallest absolute Gasteiger partial charge is 0.361 e. The fourth-order valence-electron chi connectivity index (χ4n) is 10.3. The molecule has 0 aliphatic carbocycles. The van der Waals surface area contributed by atoms with Crippen LogP contribution in [0.3, 0.4) is 0 Å². The molecule has 0 amide bonds. The third-order valence-corrected chi connectivity index (χ3v) is 16.1. The van der Waals surface area contributed by atoms with Crippen molar-refractivity contribution in [3.8, 4) is 0 Å². The van der Waals surface area contributed by atoms with Crippen LogP contribution in [0.1, 0.15) is 309 Å². The summed E-state index contributed by atoms with van der Waals surface area (Å²) in [5.41, 5.74) is 0. The highest BCUT2D eigenvalue weighted by Crippen LogP contribution is 2.17. The second-order valence-corrected chi connectivity index (χ2v) is 26.2. The maximum atomic E-state index is 13.0. The summed E-state index contributed by atoms with van der Waals surface area (Å²) < 4.78 is 23.0. The fourth-order valence-corrected chi connectivity index (χ4v) is 10.3. The molecule has 9 nitrogen and oxygen atoms in total. The third kappa shape index (κ3) is 74.4. The SMILES string of the molecule is CC/C=C\C/C=C\C/C=C\C/C=C\C/C=C\C/C=C\C/C=C\C/C=C\C/C=C\CCCCCCCCCCCC(=O)OC(COC(=O)CCCCCCCCCCCCCCCCCC/C=C\C/C=C\C/C=C\CCCCCCC)COC(OCC[N+](C)(C)C)C(=O)O. The molecule has 530 valence electrons. The fraction of sp³-hybridized carbons (Fsp3) is 0.679. The van der Waals surface area contributed by atoms with E-state index in [1.165, 1.54) is 161 Å². The summed E-state index contributed by atoms with van der Waals surface area (Å²) >= 11 is 0. The lowest BCUT2D eigenvalue weighted by atomic mass is 10.0. The second-order valence-electron chi connectivity index (χ2n) is 26.2. The Hall–Kier alpha value is -4.83. The van der Waals surface area contributed by atoms with Crippen molar-refractivity contribution in [2.75, 3.05) is 47.5 Å². The van der Waals surface area contributed by atoms with Crippen molar-refractivity contribution in [2.45, 2.75) is 322 Å². The number of likely N-dealkylation sites (N-methyl/N-ethyl adjacent to an activating group) is 1. The lowest BCUT2D eigenvalue weighted by Gasteiger charge is -2.25. The molecule has 9 heteroatoms. The van der Waals surface area contributed by atoms with Crippen LogP contribution in [0, 0.1) is 0 Å². The van der Waals surface area contributed by atoms with Crippen molar-refractivity contribution >= 4 is 17.9 Å². The zero-order valence-electron chi connectivity index (χ0n) is 60.6. The lowest BCUT2D eigenvalue weighted by Crippen LogP contribution is -2.40. The van der Waals surface area contributed by atoms with Crippen molar-refractivity contribution in [1.29, 1.82) is 0 Å². The van der Waals surface area contributed by atoms with Gasteiger partial charge in [0.15, 0.2) is 6.10 Å². The van der Waals surface area contributed by atoms with Crippen LogP contribution in [0.25, 0.3) is 0 Å². The lowest BCUT2D eigenvalue weighted by molar-refractivity contribution is -0.870. The van der Waals surface area contributed by atoms with Gasteiger partial charge in [-0.05, 0) is 122 Å². The van der Waals surface area contributed by atoms with Gasteiger partial charge in [-0.25, -0.2) is 4.79 Å². The molecule has 0 aliphatic heterocycles. The Morgan fingerprint density at radius 3 is 0.914 bits per heavy atom. The van der Waals surface area contributed by atoms with Crippen LogP contribution in [0.15, 0.2) is 146 Å². The van der Waals surface area contributed by atoms with Gasteiger partial charge in [0.05, 0.1) is 34.4 Å². The minimum atomic E-state index is -1.52. The van der Waals surface area contributed by atoms with Crippen LogP contribution < -0.4 is 0 Å². The zero-order valence-corrected chi connectivity index (χ0v) is 60.6. The Bertz CT molecular complexity index is 2040. The van der Waals surface area contributed by atoms with Gasteiger partial charge in [-0.3, -0.25) is 9.59 Å². The number of hydrogen-bond acceptors (Lipinski definition) is 7. The van der Waals surface area contributed by atoms with E-state index in [9.17, 15) is 19.5 Å². The minimum absolute atomic E-state index is 0.180. The van der Waals surface area contributed by atoms with E-state index in [0.29, 0.717) is 23.9 Å². The van der Waals surface area contributed by atoms with E-state index in [-0.39, 0.29) is 32.2 Å². The molecule has 2 unspecified atom stereocenters. The molecular formula is C84H142NO8+. The number of rotatable bonds is 69. The summed E-state index contributed by atoms with van der Waals surface area (Å²) in [6.45, 7) is 4.76. The van der Waals surface area contributed by atoms with E-state index < -0.39 is 24.3 Å². The summed E-state index contributed by atoms with van der Waals surface area (Å²) in [6.07, 6.45) is 104. The molecule has 0 fully saturated rings. The van der Waals surface area contributed by atoms with Gasteiger partial charge >= 0.3 is 17.9 Å². The van der Waals surface area contributed by atoms with E-state index in [2.05, 4.69) is 160 Å². The maximum absolute atomic E-state index is 13.0. The molecule has 93 heavy (non-hydrogen) atoms. The average Bonchev–Trinajstić information content (AvgIpc) is 3.73. The molecule has 0 aromatic heterocycles. The molecule has 0 bridgehead atoms. The van der Waals surface area contributed by atoms with Crippen molar-refractivity contribution in [2.24, 2.45) is 0 Å². The van der Waals surface area contributed by atoms with E-state index >= 15 is 0 Å². The van der Waals surface area contributed by atoms with Crippen LogP contribution in [0.2, 0.25) is 0 Å². The first kappa shape index (κ1) is 88.2. The van der Waals surface area contributed by atoms with Gasteiger partial charge in [-0.15, -0.1) is 0 Å². The Morgan fingerprint density at radius 1 is 0.333 bits per heavy atom. The largest absolute Gasteiger partial charge is 0.477 e. The van der Waals surface area contributed by atoms with Crippen LogP contribution in [-0.4, -0.2) is 87.4 Å². The number of allylic oxidation sites excluding steroid dienone is 24. The highest BCUT2D eigenvalue weighted by molar-refractivity contribution is 5.71. The molecule has 0 aromatic rings. The van der Waals surface area contributed by atoms with Gasteiger partial charge in [0.25, 0.3) is 6.29 Å². The number of nitrogens with zero attached hydrogens (tertiary/aromatic N) is 1. The number of aliphatic carboxylic acids is 1. The first-order valence-electron chi connectivity index (χ1n) is 38.0. The molecule has 0 saturated heterocycles. The predicted octanol–water partition coefficient (Wildman–Crippen LogP) is 24.3. The van der Waals surface area contributed by atoms with E-state index in [4.69, 9.17) is 18.9 Å². The number of quaternary nitrogens is 1. The number of ether oxygens (including phenoxy) is 4. The molecule has 0 heterocycles. The topological polar surface area (TPSA) is 108 Å². The van der Waals surface area contributed by atoms with Gasteiger partial charge in [0, 0.05) is 12.8 Å². The van der Waals surface area contributed by atoms with Crippen LogP contribution in [-0.2, 0) is 33.3 Å². The van der Waals surface area contributed by atoms with E-state index in [1.54, 1.807) is 0 Å². The first-order chi connectivity index (χ1) is 45.6. The number of unbranched alkanes of at least 4 members (excludes halogenated alkanes) is 30. The van der Waals surface area contributed by atoms with Crippen LogP contribution >= 0.6 is 0 Å². The van der Waals surface area contributed by atoms with Gasteiger partial charge < -0.3 is 28.5 Å². The molecule has 0 saturated carbocycles. The number of carboxylic acids is 1. The molecular weight excluding hydrogens is 1150 g/mol.